The van der Waals surface area contributed by atoms with E-state index in [1.54, 1.807) is 13.4 Å². The van der Waals surface area contributed by atoms with E-state index >= 15 is 0 Å². The molecule has 120 valence electrons. The second-order valence-electron chi connectivity index (χ2n) is 5.08. The van der Waals surface area contributed by atoms with Gasteiger partial charge in [0.2, 0.25) is 0 Å². The smallest absolute Gasteiger partial charge is 0.161 e. The molecule has 2 rings (SSSR count). The van der Waals surface area contributed by atoms with Gasteiger partial charge in [-0.1, -0.05) is 6.07 Å². The van der Waals surface area contributed by atoms with Gasteiger partial charge in [0, 0.05) is 25.8 Å². The molecular formula is C16H23N3O3. The zero-order valence-electron chi connectivity index (χ0n) is 13.2. The molecule has 0 aliphatic rings. The van der Waals surface area contributed by atoms with Crippen LogP contribution in [0.2, 0.25) is 0 Å². The molecule has 0 aliphatic carbocycles. The minimum absolute atomic E-state index is 0.0203. The molecule has 0 spiro atoms. The van der Waals surface area contributed by atoms with Crippen LogP contribution in [0.15, 0.2) is 30.7 Å². The van der Waals surface area contributed by atoms with Gasteiger partial charge >= 0.3 is 0 Å². The Labute approximate surface area is 130 Å². The summed E-state index contributed by atoms with van der Waals surface area (Å²) in [7, 11) is 3.59. The van der Waals surface area contributed by atoms with Crippen LogP contribution in [0.4, 0.5) is 0 Å². The van der Waals surface area contributed by atoms with Gasteiger partial charge in [0.25, 0.3) is 0 Å². The number of nitrogens with one attached hydrogen (secondary N) is 1. The van der Waals surface area contributed by atoms with Crippen LogP contribution in [-0.4, -0.2) is 35.0 Å². The van der Waals surface area contributed by atoms with E-state index in [0.717, 1.165) is 17.8 Å². The van der Waals surface area contributed by atoms with Crippen molar-refractivity contribution in [2.75, 3.05) is 20.3 Å². The van der Waals surface area contributed by atoms with E-state index in [0.29, 0.717) is 11.5 Å². The van der Waals surface area contributed by atoms with Crippen molar-refractivity contribution in [2.24, 2.45) is 7.05 Å². The summed E-state index contributed by atoms with van der Waals surface area (Å²) in [5.41, 5.74) is 2.23. The third kappa shape index (κ3) is 3.99. The van der Waals surface area contributed by atoms with Crippen molar-refractivity contribution in [1.29, 1.82) is 0 Å². The van der Waals surface area contributed by atoms with Gasteiger partial charge in [0.05, 0.1) is 25.7 Å². The fraction of sp³-hybridized carbons (Fsp3) is 0.438. The first-order valence-corrected chi connectivity index (χ1v) is 7.26. The van der Waals surface area contributed by atoms with Gasteiger partial charge in [0.15, 0.2) is 11.5 Å². The number of ether oxygens (including phenoxy) is 2. The van der Waals surface area contributed by atoms with E-state index < -0.39 is 0 Å². The molecule has 0 saturated carbocycles. The van der Waals surface area contributed by atoms with Crippen LogP contribution in [0.5, 0.6) is 11.5 Å². The lowest BCUT2D eigenvalue weighted by molar-refractivity contribution is 0.196. The van der Waals surface area contributed by atoms with E-state index in [1.165, 1.54) is 0 Å². The molecule has 0 amide bonds. The molecule has 0 aliphatic heterocycles. The van der Waals surface area contributed by atoms with Crippen LogP contribution in [-0.2, 0) is 13.6 Å². The molecule has 0 saturated heterocycles. The Bertz CT molecular complexity index is 598. The molecular weight excluding hydrogens is 282 g/mol. The number of aliphatic hydroxyl groups is 1. The van der Waals surface area contributed by atoms with E-state index in [-0.39, 0.29) is 19.3 Å². The predicted molar refractivity (Wildman–Crippen MR) is 84.0 cm³/mol. The Balaban J connectivity index is 2.02. The van der Waals surface area contributed by atoms with Gasteiger partial charge in [0.1, 0.15) is 6.61 Å². The first kappa shape index (κ1) is 16.3. The van der Waals surface area contributed by atoms with Crippen molar-refractivity contribution in [3.05, 3.63) is 42.0 Å². The van der Waals surface area contributed by atoms with E-state index in [2.05, 4.69) is 17.2 Å². The number of methoxy groups -OCH3 is 1. The molecule has 2 N–H and O–H groups in total. The lowest BCUT2D eigenvalue weighted by atomic mass is 10.1. The highest BCUT2D eigenvalue weighted by atomic mass is 16.5. The minimum Gasteiger partial charge on any atom is -0.493 e. The maximum atomic E-state index is 8.83. The lowest BCUT2D eigenvalue weighted by Gasteiger charge is -2.17. The highest BCUT2D eigenvalue weighted by Gasteiger charge is 2.11. The average Bonchev–Trinajstić information content (AvgIpc) is 2.95. The number of benzene rings is 1. The maximum Gasteiger partial charge on any atom is 0.161 e. The first-order valence-electron chi connectivity index (χ1n) is 7.26. The molecule has 2 aromatic rings. The number of nitrogens with zero attached hydrogens (tertiary/aromatic N) is 2. The van der Waals surface area contributed by atoms with Crippen LogP contribution in [0, 0.1) is 0 Å². The van der Waals surface area contributed by atoms with Crippen LogP contribution < -0.4 is 14.8 Å². The van der Waals surface area contributed by atoms with Gasteiger partial charge in [-0.15, -0.1) is 0 Å². The van der Waals surface area contributed by atoms with Gasteiger partial charge in [-0.25, -0.2) is 4.98 Å². The highest BCUT2D eigenvalue weighted by molar-refractivity contribution is 5.43. The molecule has 22 heavy (non-hydrogen) atoms. The Kier molecular flexibility index (Phi) is 5.80. The SMILES string of the molecule is COc1cc(C(C)NCc2cncn2C)ccc1OCCO. The van der Waals surface area contributed by atoms with E-state index in [4.69, 9.17) is 14.6 Å². The second-order valence-corrected chi connectivity index (χ2v) is 5.08. The number of aliphatic hydroxyl groups excluding tert-OH is 1. The van der Waals surface area contributed by atoms with Crippen molar-refractivity contribution >= 4 is 0 Å². The molecule has 0 radical (unpaired) electrons. The Morgan fingerprint density at radius 2 is 2.18 bits per heavy atom. The van der Waals surface area contributed by atoms with Gasteiger partial charge < -0.3 is 24.5 Å². The summed E-state index contributed by atoms with van der Waals surface area (Å²) < 4.78 is 12.8. The zero-order valence-corrected chi connectivity index (χ0v) is 13.2. The van der Waals surface area contributed by atoms with Crippen molar-refractivity contribution in [2.45, 2.75) is 19.5 Å². The molecule has 1 atom stereocenters. The number of aromatic nitrogens is 2. The summed E-state index contributed by atoms with van der Waals surface area (Å²) in [6.07, 6.45) is 3.64. The summed E-state index contributed by atoms with van der Waals surface area (Å²) in [5.74, 6) is 1.30. The van der Waals surface area contributed by atoms with Crippen molar-refractivity contribution in [3.8, 4) is 11.5 Å². The third-order valence-electron chi connectivity index (χ3n) is 3.54. The standard InChI is InChI=1S/C16H23N3O3/c1-12(18-10-14-9-17-11-19(14)2)13-4-5-15(22-7-6-20)16(8-13)21-3/h4-5,8-9,11-12,18,20H,6-7,10H2,1-3H3. The highest BCUT2D eigenvalue weighted by Crippen LogP contribution is 2.30. The van der Waals surface area contributed by atoms with Crippen LogP contribution in [0.25, 0.3) is 0 Å². The Morgan fingerprint density at radius 3 is 2.82 bits per heavy atom. The summed E-state index contributed by atoms with van der Waals surface area (Å²) in [5, 5.41) is 12.3. The Morgan fingerprint density at radius 1 is 1.36 bits per heavy atom. The minimum atomic E-state index is -0.0203. The topological polar surface area (TPSA) is 68.5 Å². The molecule has 1 unspecified atom stereocenters. The second kappa shape index (κ2) is 7.82. The summed E-state index contributed by atoms with van der Waals surface area (Å²) >= 11 is 0. The summed E-state index contributed by atoms with van der Waals surface area (Å²) in [4.78, 5) is 4.11. The van der Waals surface area contributed by atoms with E-state index in [9.17, 15) is 0 Å². The van der Waals surface area contributed by atoms with Gasteiger partial charge in [-0.3, -0.25) is 0 Å². The fourth-order valence-electron chi connectivity index (χ4n) is 2.16. The zero-order chi connectivity index (χ0) is 15.9. The van der Waals surface area contributed by atoms with Crippen molar-refractivity contribution < 1.29 is 14.6 Å². The van der Waals surface area contributed by atoms with Crippen LogP contribution in [0.1, 0.15) is 24.2 Å². The normalized spacial score (nSPS) is 12.2. The number of imidazole rings is 1. The monoisotopic (exact) mass is 305 g/mol. The van der Waals surface area contributed by atoms with Crippen LogP contribution in [0.3, 0.4) is 0 Å². The largest absolute Gasteiger partial charge is 0.493 e. The van der Waals surface area contributed by atoms with E-state index in [1.807, 2.05) is 36.0 Å². The Hall–Kier alpha value is -2.05. The maximum absolute atomic E-state index is 8.83. The number of hydrogen-bond acceptors (Lipinski definition) is 5. The van der Waals surface area contributed by atoms with Crippen molar-refractivity contribution in [1.82, 2.24) is 14.9 Å². The number of rotatable bonds is 8. The molecule has 1 aromatic heterocycles. The fourth-order valence-corrected chi connectivity index (χ4v) is 2.16. The van der Waals surface area contributed by atoms with Crippen LogP contribution >= 0.6 is 0 Å². The average molecular weight is 305 g/mol. The quantitative estimate of drug-likeness (QED) is 0.776. The molecule has 0 fully saturated rings. The lowest BCUT2D eigenvalue weighted by Crippen LogP contribution is -2.19. The van der Waals surface area contributed by atoms with Crippen molar-refractivity contribution in [3.63, 3.8) is 0 Å². The predicted octanol–water partition coefficient (Wildman–Crippen LogP) is 1.65. The molecule has 6 nitrogen and oxygen atoms in total. The summed E-state index contributed by atoms with van der Waals surface area (Å²) in [6, 6.07) is 5.98. The molecule has 1 heterocycles. The van der Waals surface area contributed by atoms with Gasteiger partial charge in [-0.05, 0) is 24.6 Å². The molecule has 1 aromatic carbocycles. The van der Waals surface area contributed by atoms with Gasteiger partial charge in [-0.2, -0.15) is 0 Å². The summed E-state index contributed by atoms with van der Waals surface area (Å²) in [6.45, 7) is 3.07. The third-order valence-corrected chi connectivity index (χ3v) is 3.54. The number of hydrogen-bond donors (Lipinski definition) is 2. The molecule has 0 bridgehead atoms. The number of aryl methyl sites for hydroxylation is 1. The first-order chi connectivity index (χ1) is 10.7. The molecule has 6 heteroatoms.